The van der Waals surface area contributed by atoms with Gasteiger partial charge in [0.1, 0.15) is 16.7 Å². The molecule has 12 heteroatoms. The molecule has 0 atom stereocenters. The largest absolute Gasteiger partial charge is 0.444 e. The van der Waals surface area contributed by atoms with Crippen LogP contribution in [0, 0.1) is 0 Å². The van der Waals surface area contributed by atoms with Crippen molar-refractivity contribution < 1.29 is 19.1 Å². The van der Waals surface area contributed by atoms with Crippen LogP contribution in [0.1, 0.15) is 95.9 Å². The molecule has 2 aromatic heterocycles. The number of fused-ring (bicyclic) bond motifs is 1. The average Bonchev–Trinajstić information content (AvgIpc) is 3.73. The van der Waals surface area contributed by atoms with Crippen LogP contribution in [0.4, 0.5) is 26.9 Å². The number of amides is 2. The van der Waals surface area contributed by atoms with E-state index in [9.17, 15) is 9.59 Å². The fourth-order valence-corrected chi connectivity index (χ4v) is 9.16. The lowest BCUT2D eigenvalue weighted by atomic mass is 9.73. The summed E-state index contributed by atoms with van der Waals surface area (Å²) in [5.74, 6) is 0.562. The monoisotopic (exact) mass is 898 g/mol. The molecule has 5 aromatic carbocycles. The van der Waals surface area contributed by atoms with E-state index in [1.54, 1.807) is 0 Å². The molecule has 0 bridgehead atoms. The van der Waals surface area contributed by atoms with Crippen molar-refractivity contribution in [2.45, 2.75) is 109 Å². The van der Waals surface area contributed by atoms with Crippen LogP contribution in [-0.2, 0) is 21.4 Å². The molecule has 1 aliphatic carbocycles. The van der Waals surface area contributed by atoms with Gasteiger partial charge in [-0.25, -0.2) is 14.6 Å². The van der Waals surface area contributed by atoms with Gasteiger partial charge in [0.05, 0.1) is 11.1 Å². The Morgan fingerprint density at radius 3 is 1.88 bits per heavy atom. The number of carbonyl (C=O) groups is 2. The first kappa shape index (κ1) is 46.3. The van der Waals surface area contributed by atoms with Crippen LogP contribution in [0.25, 0.3) is 22.3 Å². The van der Waals surface area contributed by atoms with E-state index in [0.717, 1.165) is 89.7 Å². The molecule has 1 aliphatic rings. The number of hydrogen-bond donors (Lipinski definition) is 4. The summed E-state index contributed by atoms with van der Waals surface area (Å²) in [7, 11) is 0. The zero-order valence-electron chi connectivity index (χ0n) is 39.4. The second kappa shape index (κ2) is 20.1. The highest BCUT2D eigenvalue weighted by Crippen LogP contribution is 2.47. The molecule has 0 saturated heterocycles. The number of carbonyl (C=O) groups excluding carboxylic acids is 2. The molecule has 4 N–H and O–H groups in total. The molecular weight excluding hydrogens is 837 g/mol. The van der Waals surface area contributed by atoms with E-state index in [0.29, 0.717) is 17.3 Å². The number of aryl methyl sites for hydroxylation is 1. The molecule has 1 fully saturated rings. The minimum Gasteiger partial charge on any atom is -0.444 e. The van der Waals surface area contributed by atoms with Crippen molar-refractivity contribution in [2.24, 2.45) is 0 Å². The van der Waals surface area contributed by atoms with Crippen LogP contribution in [0.5, 0.6) is 0 Å². The molecule has 2 heterocycles. The zero-order chi connectivity index (χ0) is 47.0. The Morgan fingerprint density at radius 2 is 1.27 bits per heavy atom. The number of rotatable bonds is 14. The number of benzene rings is 5. The molecule has 1 saturated carbocycles. The third-order valence-electron chi connectivity index (χ3n) is 11.9. The van der Waals surface area contributed by atoms with Crippen molar-refractivity contribution in [3.05, 3.63) is 168 Å². The van der Waals surface area contributed by atoms with Crippen LogP contribution in [0.3, 0.4) is 0 Å². The van der Waals surface area contributed by atoms with Gasteiger partial charge in [0, 0.05) is 41.8 Å². The third-order valence-corrected chi connectivity index (χ3v) is 11.9. The van der Waals surface area contributed by atoms with Crippen molar-refractivity contribution in [2.75, 3.05) is 22.1 Å². The molecule has 0 spiro atoms. The molecule has 7 aromatic rings. The van der Waals surface area contributed by atoms with Gasteiger partial charge in [-0.3, -0.25) is 10.4 Å². The number of H-pyrrole nitrogens is 1. The Morgan fingerprint density at radius 1 is 0.687 bits per heavy atom. The van der Waals surface area contributed by atoms with Gasteiger partial charge in [-0.2, -0.15) is 10.1 Å². The first-order valence-corrected chi connectivity index (χ1v) is 23.3. The predicted molar refractivity (Wildman–Crippen MR) is 267 cm³/mol. The Hall–Kier alpha value is -7.21. The number of anilines is 3. The minimum absolute atomic E-state index is 0.0197. The summed E-state index contributed by atoms with van der Waals surface area (Å²) in [5, 5.41) is 18.5. The van der Waals surface area contributed by atoms with Gasteiger partial charge in [-0.15, -0.1) is 0 Å². The number of nitrogens with one attached hydrogen (secondary N) is 4. The molecular formula is C55H62N8O4. The summed E-state index contributed by atoms with van der Waals surface area (Å²) in [5.41, 5.74) is 6.45. The SMILES string of the molecule is CC(C)(C)OC(=O)Nc1cccc(CCCNc2cccc(-c3[nH]nc4nc(N(C5CCC(NC(=O)OC(C)(C)C)CC5)C(c5ccccc5)(c5ccccc5)c5ccccc5)ncc34)c2)c1. The van der Waals surface area contributed by atoms with Gasteiger partial charge in [-0.1, -0.05) is 115 Å². The molecule has 2 amide bonds. The lowest BCUT2D eigenvalue weighted by Crippen LogP contribution is -2.56. The standard InChI is InChI=1S/C55H62N8O4/c1-53(2,3)66-51(64)58-43-30-32-46(33-31-43)63(55(40-22-10-7-11-23-40,41-24-12-8-13-25-41)42-26-14-9-15-27-42)50-57-37-47-48(61-62-49(47)60-50)39-21-17-28-44(36-39)56-34-18-20-38-19-16-29-45(35-38)59-52(65)67-54(4,5)6/h7-17,19,21-29,35-37,43,46,56H,18,20,30-34H2,1-6H3,(H,58,64)(H,59,65)(H,57,60,61,62). The van der Waals surface area contributed by atoms with Crippen molar-refractivity contribution >= 4 is 40.5 Å². The summed E-state index contributed by atoms with van der Waals surface area (Å²) >= 11 is 0. The predicted octanol–water partition coefficient (Wildman–Crippen LogP) is 12.0. The van der Waals surface area contributed by atoms with Crippen LogP contribution >= 0.6 is 0 Å². The van der Waals surface area contributed by atoms with Crippen molar-refractivity contribution in [1.82, 2.24) is 25.5 Å². The maximum atomic E-state index is 12.9. The Labute approximate surface area is 393 Å². The lowest BCUT2D eigenvalue weighted by Gasteiger charge is -2.50. The number of hydrogen-bond acceptors (Lipinski definition) is 9. The van der Waals surface area contributed by atoms with Crippen molar-refractivity contribution in [3.8, 4) is 11.3 Å². The molecule has 0 aliphatic heterocycles. The molecule has 0 radical (unpaired) electrons. The van der Waals surface area contributed by atoms with E-state index < -0.39 is 28.9 Å². The number of ether oxygens (including phenoxy) is 2. The van der Waals surface area contributed by atoms with E-state index >= 15 is 0 Å². The average molecular weight is 899 g/mol. The smallest absolute Gasteiger partial charge is 0.412 e. The second-order valence-electron chi connectivity index (χ2n) is 19.3. The second-order valence-corrected chi connectivity index (χ2v) is 19.3. The van der Waals surface area contributed by atoms with Crippen LogP contribution in [0.2, 0.25) is 0 Å². The summed E-state index contributed by atoms with van der Waals surface area (Å²) in [6.07, 6.45) is 5.84. The van der Waals surface area contributed by atoms with Gasteiger partial charge in [0.2, 0.25) is 5.95 Å². The summed E-state index contributed by atoms with van der Waals surface area (Å²) in [4.78, 5) is 38.2. The van der Waals surface area contributed by atoms with Gasteiger partial charge < -0.3 is 25.0 Å². The first-order chi connectivity index (χ1) is 32.2. The van der Waals surface area contributed by atoms with Crippen molar-refractivity contribution in [1.29, 1.82) is 0 Å². The maximum absolute atomic E-state index is 12.9. The highest BCUT2D eigenvalue weighted by Gasteiger charge is 2.47. The van der Waals surface area contributed by atoms with Crippen LogP contribution in [0.15, 0.2) is 146 Å². The van der Waals surface area contributed by atoms with Crippen LogP contribution in [-0.4, -0.2) is 62.2 Å². The normalized spacial score (nSPS) is 15.4. The van der Waals surface area contributed by atoms with Gasteiger partial charge in [0.15, 0.2) is 5.65 Å². The Bertz CT molecular complexity index is 2640. The lowest BCUT2D eigenvalue weighted by molar-refractivity contribution is 0.0489. The zero-order valence-corrected chi connectivity index (χ0v) is 39.4. The molecule has 346 valence electrons. The molecule has 0 unspecified atom stereocenters. The van der Waals surface area contributed by atoms with Gasteiger partial charge in [0.25, 0.3) is 0 Å². The van der Waals surface area contributed by atoms with E-state index in [-0.39, 0.29) is 12.1 Å². The van der Waals surface area contributed by atoms with E-state index in [4.69, 9.17) is 24.5 Å². The fourth-order valence-electron chi connectivity index (χ4n) is 9.16. The number of aromatic amines is 1. The van der Waals surface area contributed by atoms with E-state index in [2.05, 4.69) is 141 Å². The first-order valence-electron chi connectivity index (χ1n) is 23.3. The highest BCUT2D eigenvalue weighted by molar-refractivity contribution is 5.91. The quantitative estimate of drug-likeness (QED) is 0.0619. The molecule has 8 rings (SSSR count). The summed E-state index contributed by atoms with van der Waals surface area (Å²) in [6.45, 7) is 11.9. The number of aromatic nitrogens is 4. The van der Waals surface area contributed by atoms with Crippen LogP contribution < -0.4 is 20.9 Å². The number of alkyl carbamates (subject to hydrolysis) is 1. The summed E-state index contributed by atoms with van der Waals surface area (Å²) in [6, 6.07) is 48.0. The third kappa shape index (κ3) is 11.3. The minimum atomic E-state index is -0.841. The highest BCUT2D eigenvalue weighted by atomic mass is 16.6. The summed E-state index contributed by atoms with van der Waals surface area (Å²) < 4.78 is 11.1. The van der Waals surface area contributed by atoms with E-state index in [1.807, 2.05) is 72.0 Å². The Kier molecular flexibility index (Phi) is 13.9. The maximum Gasteiger partial charge on any atom is 0.412 e. The van der Waals surface area contributed by atoms with E-state index in [1.165, 1.54) is 0 Å². The van der Waals surface area contributed by atoms with Gasteiger partial charge >= 0.3 is 12.2 Å². The van der Waals surface area contributed by atoms with Gasteiger partial charge in [-0.05, 0) is 127 Å². The molecule has 67 heavy (non-hydrogen) atoms. The van der Waals surface area contributed by atoms with Crippen molar-refractivity contribution in [3.63, 3.8) is 0 Å². The number of nitrogens with zero attached hydrogens (tertiary/aromatic N) is 4. The topological polar surface area (TPSA) is 146 Å². The fraction of sp³-hybridized carbons (Fsp3) is 0.327. The Balaban J connectivity index is 1.08. The molecule has 12 nitrogen and oxygen atoms in total.